The summed E-state index contributed by atoms with van der Waals surface area (Å²) in [5.41, 5.74) is 1.56. The SMILES string of the molecule is C[C@H](CO)N1C[C@H](C)[C@H](CN(C)C(=O)Cc2ccncc2)Oc2ncc(C#C[C@@H](C)O)cc2C1=O. The Morgan fingerprint density at radius 2 is 2.06 bits per heavy atom. The summed E-state index contributed by atoms with van der Waals surface area (Å²) >= 11 is 0. The molecule has 9 nitrogen and oxygen atoms in total. The number of hydrogen-bond acceptors (Lipinski definition) is 7. The number of amides is 2. The fraction of sp³-hybridized carbons (Fsp3) is 0.462. The van der Waals surface area contributed by atoms with E-state index in [1.165, 1.54) is 6.20 Å². The van der Waals surface area contributed by atoms with E-state index in [1.54, 1.807) is 61.3 Å². The summed E-state index contributed by atoms with van der Waals surface area (Å²) in [6.07, 6.45) is 3.77. The molecule has 0 unspecified atom stereocenters. The smallest absolute Gasteiger partial charge is 0.259 e. The van der Waals surface area contributed by atoms with Crippen molar-refractivity contribution in [1.82, 2.24) is 19.8 Å². The largest absolute Gasteiger partial charge is 0.472 e. The van der Waals surface area contributed by atoms with Gasteiger partial charge in [-0.3, -0.25) is 14.6 Å². The van der Waals surface area contributed by atoms with Crippen LogP contribution in [0.4, 0.5) is 0 Å². The first-order chi connectivity index (χ1) is 16.7. The van der Waals surface area contributed by atoms with Crippen LogP contribution in [0.25, 0.3) is 0 Å². The van der Waals surface area contributed by atoms with Gasteiger partial charge >= 0.3 is 0 Å². The van der Waals surface area contributed by atoms with Gasteiger partial charge in [0, 0.05) is 43.7 Å². The van der Waals surface area contributed by atoms with Crippen molar-refractivity contribution in [2.24, 2.45) is 5.92 Å². The minimum absolute atomic E-state index is 0.0670. The van der Waals surface area contributed by atoms with E-state index in [1.807, 2.05) is 6.92 Å². The molecule has 2 amide bonds. The molecule has 0 fully saturated rings. The van der Waals surface area contributed by atoms with Gasteiger partial charge in [-0.25, -0.2) is 4.98 Å². The number of hydrogen-bond donors (Lipinski definition) is 2. The highest BCUT2D eigenvalue weighted by Gasteiger charge is 2.34. The van der Waals surface area contributed by atoms with Crippen LogP contribution < -0.4 is 4.74 Å². The molecule has 2 N–H and O–H groups in total. The van der Waals surface area contributed by atoms with Gasteiger partial charge < -0.3 is 24.7 Å². The molecule has 9 heteroatoms. The molecular formula is C26H32N4O5. The van der Waals surface area contributed by atoms with Crippen LogP contribution in [0.15, 0.2) is 36.8 Å². The van der Waals surface area contributed by atoms with Gasteiger partial charge in [0.15, 0.2) is 0 Å². The first-order valence-electron chi connectivity index (χ1n) is 11.6. The minimum Gasteiger partial charge on any atom is -0.472 e. The van der Waals surface area contributed by atoms with Gasteiger partial charge in [-0.1, -0.05) is 18.8 Å². The topological polar surface area (TPSA) is 116 Å². The van der Waals surface area contributed by atoms with E-state index in [0.717, 1.165) is 5.56 Å². The van der Waals surface area contributed by atoms with E-state index in [4.69, 9.17) is 4.74 Å². The van der Waals surface area contributed by atoms with Crippen molar-refractivity contribution < 1.29 is 24.5 Å². The predicted octanol–water partition coefficient (Wildman–Crippen LogP) is 1.13. The number of fused-ring (bicyclic) bond motifs is 1. The van der Waals surface area contributed by atoms with E-state index in [9.17, 15) is 19.8 Å². The van der Waals surface area contributed by atoms with Gasteiger partial charge in [-0.15, -0.1) is 0 Å². The summed E-state index contributed by atoms with van der Waals surface area (Å²) in [4.78, 5) is 37.8. The number of carbonyl (C=O) groups excluding carboxylic acids is 2. The quantitative estimate of drug-likeness (QED) is 0.596. The van der Waals surface area contributed by atoms with Crippen LogP contribution in [-0.4, -0.2) is 86.8 Å². The zero-order chi connectivity index (χ0) is 25.5. The number of pyridine rings is 2. The first-order valence-corrected chi connectivity index (χ1v) is 11.6. The Morgan fingerprint density at radius 3 is 2.71 bits per heavy atom. The summed E-state index contributed by atoms with van der Waals surface area (Å²) in [6, 6.07) is 4.77. The number of aliphatic hydroxyl groups excluding tert-OH is 2. The molecule has 2 aromatic heterocycles. The van der Waals surface area contributed by atoms with Crippen LogP contribution in [0, 0.1) is 17.8 Å². The Bertz CT molecular complexity index is 1100. The third-order valence-electron chi connectivity index (χ3n) is 5.93. The second kappa shape index (κ2) is 11.8. The van der Waals surface area contributed by atoms with E-state index < -0.39 is 18.2 Å². The molecule has 4 atom stereocenters. The van der Waals surface area contributed by atoms with Gasteiger partial charge in [-0.2, -0.15) is 0 Å². The van der Waals surface area contributed by atoms with Crippen molar-refractivity contribution in [3.63, 3.8) is 0 Å². The number of nitrogens with zero attached hydrogens (tertiary/aromatic N) is 4. The van der Waals surface area contributed by atoms with Gasteiger partial charge in [-0.05, 0) is 37.6 Å². The molecule has 2 aromatic rings. The molecule has 1 aliphatic heterocycles. The predicted molar refractivity (Wildman–Crippen MR) is 130 cm³/mol. The summed E-state index contributed by atoms with van der Waals surface area (Å²) in [6.45, 7) is 5.70. The van der Waals surface area contributed by atoms with Crippen molar-refractivity contribution in [1.29, 1.82) is 0 Å². The normalized spacial score (nSPS) is 19.3. The Kier molecular flexibility index (Phi) is 8.79. The van der Waals surface area contributed by atoms with Crippen LogP contribution in [0.2, 0.25) is 0 Å². The molecular weight excluding hydrogens is 448 g/mol. The molecule has 0 aliphatic carbocycles. The summed E-state index contributed by atoms with van der Waals surface area (Å²) in [5.74, 6) is 5.07. The van der Waals surface area contributed by atoms with Gasteiger partial charge in [0.2, 0.25) is 11.8 Å². The number of carbonyl (C=O) groups is 2. The maximum absolute atomic E-state index is 13.4. The number of ether oxygens (including phenoxy) is 1. The van der Waals surface area contributed by atoms with E-state index in [2.05, 4.69) is 21.8 Å². The van der Waals surface area contributed by atoms with E-state index in [0.29, 0.717) is 18.7 Å². The lowest BCUT2D eigenvalue weighted by Gasteiger charge is -2.37. The summed E-state index contributed by atoms with van der Waals surface area (Å²) in [5, 5.41) is 19.2. The highest BCUT2D eigenvalue weighted by atomic mass is 16.5. The van der Waals surface area contributed by atoms with Crippen LogP contribution in [0.1, 0.15) is 42.3 Å². The number of aromatic nitrogens is 2. The summed E-state index contributed by atoms with van der Waals surface area (Å²) in [7, 11) is 1.72. The van der Waals surface area contributed by atoms with Crippen LogP contribution in [-0.2, 0) is 11.2 Å². The second-order valence-electron chi connectivity index (χ2n) is 8.95. The molecule has 1 aliphatic rings. The van der Waals surface area contributed by atoms with E-state index in [-0.39, 0.29) is 42.2 Å². The molecule has 0 radical (unpaired) electrons. The second-order valence-corrected chi connectivity index (χ2v) is 8.95. The Balaban J connectivity index is 1.89. The zero-order valence-corrected chi connectivity index (χ0v) is 20.5. The lowest BCUT2D eigenvalue weighted by atomic mass is 9.99. The maximum atomic E-state index is 13.4. The molecule has 35 heavy (non-hydrogen) atoms. The lowest BCUT2D eigenvalue weighted by Crippen LogP contribution is -2.50. The Morgan fingerprint density at radius 1 is 1.34 bits per heavy atom. The Hall–Kier alpha value is -3.48. The average molecular weight is 481 g/mol. The third kappa shape index (κ3) is 6.78. The van der Waals surface area contributed by atoms with Crippen molar-refractivity contribution in [2.75, 3.05) is 26.7 Å². The van der Waals surface area contributed by atoms with E-state index >= 15 is 0 Å². The van der Waals surface area contributed by atoms with Crippen molar-refractivity contribution in [3.05, 3.63) is 53.5 Å². The molecule has 0 bridgehead atoms. The third-order valence-corrected chi connectivity index (χ3v) is 5.93. The molecule has 0 saturated heterocycles. The number of likely N-dealkylation sites (N-methyl/N-ethyl adjacent to an activating group) is 1. The molecule has 186 valence electrons. The van der Waals surface area contributed by atoms with Gasteiger partial charge in [0.05, 0.1) is 25.6 Å². The first kappa shape index (κ1) is 26.1. The lowest BCUT2D eigenvalue weighted by molar-refractivity contribution is -0.130. The average Bonchev–Trinajstić information content (AvgIpc) is 2.84. The van der Waals surface area contributed by atoms with Crippen LogP contribution in [0.5, 0.6) is 5.88 Å². The number of aliphatic hydroxyl groups is 2. The monoisotopic (exact) mass is 480 g/mol. The number of rotatable bonds is 6. The zero-order valence-electron chi connectivity index (χ0n) is 20.5. The fourth-order valence-electron chi connectivity index (χ4n) is 3.76. The van der Waals surface area contributed by atoms with Gasteiger partial charge in [0.25, 0.3) is 5.91 Å². The molecule has 0 saturated carbocycles. The Labute approximate surface area is 205 Å². The molecule has 3 heterocycles. The summed E-state index contributed by atoms with van der Waals surface area (Å²) < 4.78 is 6.21. The molecule has 0 aromatic carbocycles. The highest BCUT2D eigenvalue weighted by molar-refractivity contribution is 5.97. The van der Waals surface area contributed by atoms with Gasteiger partial charge in [0.1, 0.15) is 17.8 Å². The van der Waals surface area contributed by atoms with Crippen LogP contribution >= 0.6 is 0 Å². The van der Waals surface area contributed by atoms with Crippen LogP contribution in [0.3, 0.4) is 0 Å². The highest BCUT2D eigenvalue weighted by Crippen LogP contribution is 2.27. The molecule has 3 rings (SSSR count). The minimum atomic E-state index is -0.819. The molecule has 0 spiro atoms. The van der Waals surface area contributed by atoms with Crippen molar-refractivity contribution in [2.45, 2.75) is 45.4 Å². The van der Waals surface area contributed by atoms with Crippen molar-refractivity contribution >= 4 is 11.8 Å². The standard InChI is InChI=1S/C26H32N4O5/c1-17-14-30(18(2)16-31)26(34)22-11-21(6-5-19(3)32)13-28-25(22)35-23(17)15-29(4)24(33)12-20-7-9-27-10-8-20/h7-11,13,17-19,23,31-32H,12,14-16H2,1-4H3/t17-,18+,19+,23-/m0/s1. The van der Waals surface area contributed by atoms with Crippen molar-refractivity contribution in [3.8, 4) is 17.7 Å². The maximum Gasteiger partial charge on any atom is 0.259 e. The fourth-order valence-corrected chi connectivity index (χ4v) is 3.76.